The van der Waals surface area contributed by atoms with Gasteiger partial charge in [-0.15, -0.1) is 0 Å². The van der Waals surface area contributed by atoms with Gasteiger partial charge in [0.2, 0.25) is 0 Å². The maximum absolute atomic E-state index is 9.27. The maximum atomic E-state index is 9.27. The maximum Gasteiger partial charge on any atom is 0.0692 e. The number of hydrogen-bond donors (Lipinski definition) is 1. The molecule has 2 aromatic carbocycles. The first-order valence-electron chi connectivity index (χ1n) is 5.02. The van der Waals surface area contributed by atoms with E-state index in [0.717, 1.165) is 19.8 Å². The number of hydrogen-bond acceptors (Lipinski definition) is 2. The Morgan fingerprint density at radius 3 is 2.47 bits per heavy atom. The molecule has 1 nitrogen and oxygen atoms in total. The van der Waals surface area contributed by atoms with Crippen LogP contribution < -0.4 is 0 Å². The van der Waals surface area contributed by atoms with Gasteiger partial charge in [0.15, 0.2) is 0 Å². The van der Waals surface area contributed by atoms with E-state index in [0.29, 0.717) is 5.02 Å². The zero-order valence-corrected chi connectivity index (χ0v) is 12.0. The smallest absolute Gasteiger partial charge is 0.0692 e. The van der Waals surface area contributed by atoms with Crippen LogP contribution in [0.3, 0.4) is 0 Å². The molecule has 2 rings (SSSR count). The molecule has 0 spiro atoms. The van der Waals surface area contributed by atoms with Gasteiger partial charge < -0.3 is 5.11 Å². The molecule has 4 heteroatoms. The average molecular weight is 330 g/mol. The summed E-state index contributed by atoms with van der Waals surface area (Å²) >= 11 is 11.0. The summed E-state index contributed by atoms with van der Waals surface area (Å²) in [6.45, 7) is 0.0238. The van der Waals surface area contributed by atoms with E-state index >= 15 is 0 Å². The van der Waals surface area contributed by atoms with E-state index in [1.54, 1.807) is 17.8 Å². The van der Waals surface area contributed by atoms with E-state index in [4.69, 9.17) is 11.6 Å². The second-order valence-electron chi connectivity index (χ2n) is 3.47. The first-order chi connectivity index (χ1) is 8.19. The van der Waals surface area contributed by atoms with Crippen LogP contribution >= 0.6 is 39.3 Å². The number of aliphatic hydroxyl groups is 1. The monoisotopic (exact) mass is 328 g/mol. The molecule has 1 N–H and O–H groups in total. The Kier molecular flexibility index (Phi) is 4.51. The first kappa shape index (κ1) is 13.0. The van der Waals surface area contributed by atoms with Crippen molar-refractivity contribution in [3.8, 4) is 0 Å². The summed E-state index contributed by atoms with van der Waals surface area (Å²) in [7, 11) is 0. The van der Waals surface area contributed by atoms with Gasteiger partial charge in [0.1, 0.15) is 0 Å². The molecule has 0 heterocycles. The lowest BCUT2D eigenvalue weighted by atomic mass is 10.2. The minimum absolute atomic E-state index is 0.0238. The van der Waals surface area contributed by atoms with E-state index in [-0.39, 0.29) is 6.61 Å². The predicted molar refractivity (Wildman–Crippen MR) is 75.6 cm³/mol. The molecule has 2 aromatic rings. The Labute approximate surface area is 118 Å². The molecule has 0 aromatic heterocycles. The third-order valence-electron chi connectivity index (χ3n) is 2.24. The fraction of sp³-hybridized carbons (Fsp3) is 0.0769. The summed E-state index contributed by atoms with van der Waals surface area (Å²) in [6.07, 6.45) is 0. The van der Waals surface area contributed by atoms with Crippen molar-refractivity contribution in [2.75, 3.05) is 0 Å². The summed E-state index contributed by atoms with van der Waals surface area (Å²) in [6, 6.07) is 13.5. The van der Waals surface area contributed by atoms with Gasteiger partial charge >= 0.3 is 0 Å². The van der Waals surface area contributed by atoms with Crippen molar-refractivity contribution < 1.29 is 5.11 Å². The number of halogens is 2. The standard InChI is InChI=1S/C13H10BrClOS/c14-10-2-5-12(6-3-10)17-13-7-11(15)4-1-9(13)8-16/h1-7,16H,8H2. The zero-order valence-electron chi connectivity index (χ0n) is 8.86. The van der Waals surface area contributed by atoms with Crippen LogP contribution in [0, 0.1) is 0 Å². The Bertz CT molecular complexity index is 513. The van der Waals surface area contributed by atoms with Gasteiger partial charge in [0, 0.05) is 19.3 Å². The Morgan fingerprint density at radius 2 is 1.82 bits per heavy atom. The van der Waals surface area contributed by atoms with Crippen molar-refractivity contribution in [3.63, 3.8) is 0 Å². The van der Waals surface area contributed by atoms with Gasteiger partial charge in [-0.3, -0.25) is 0 Å². The largest absolute Gasteiger partial charge is 0.392 e. The van der Waals surface area contributed by atoms with Gasteiger partial charge in [-0.2, -0.15) is 0 Å². The van der Waals surface area contributed by atoms with Crippen molar-refractivity contribution in [1.82, 2.24) is 0 Å². The molecule has 0 aliphatic rings. The highest BCUT2D eigenvalue weighted by atomic mass is 79.9. The topological polar surface area (TPSA) is 20.2 Å². The fourth-order valence-corrected chi connectivity index (χ4v) is 2.86. The van der Waals surface area contributed by atoms with Crippen LogP contribution in [0.2, 0.25) is 5.02 Å². The molecule has 0 amide bonds. The highest BCUT2D eigenvalue weighted by Crippen LogP contribution is 2.33. The first-order valence-corrected chi connectivity index (χ1v) is 7.00. The number of benzene rings is 2. The Hall–Kier alpha value is -0.480. The summed E-state index contributed by atoms with van der Waals surface area (Å²) < 4.78 is 1.05. The summed E-state index contributed by atoms with van der Waals surface area (Å²) in [5.74, 6) is 0. The van der Waals surface area contributed by atoms with Crippen molar-refractivity contribution in [1.29, 1.82) is 0 Å². The SMILES string of the molecule is OCc1ccc(Cl)cc1Sc1ccc(Br)cc1. The van der Waals surface area contributed by atoms with Crippen LogP contribution in [-0.2, 0) is 6.61 Å². The van der Waals surface area contributed by atoms with Gasteiger partial charge in [-0.05, 0) is 42.0 Å². The molecule has 0 aliphatic heterocycles. The molecule has 88 valence electrons. The van der Waals surface area contributed by atoms with Gasteiger partial charge in [0.25, 0.3) is 0 Å². The summed E-state index contributed by atoms with van der Waals surface area (Å²) in [4.78, 5) is 2.10. The van der Waals surface area contributed by atoms with E-state index in [2.05, 4.69) is 15.9 Å². The minimum atomic E-state index is 0.0238. The van der Waals surface area contributed by atoms with Crippen molar-refractivity contribution in [2.24, 2.45) is 0 Å². The van der Waals surface area contributed by atoms with Crippen LogP contribution in [0.25, 0.3) is 0 Å². The zero-order chi connectivity index (χ0) is 12.3. The predicted octanol–water partition coefficient (Wildman–Crippen LogP) is 4.75. The van der Waals surface area contributed by atoms with E-state index in [9.17, 15) is 5.11 Å². The Morgan fingerprint density at radius 1 is 1.12 bits per heavy atom. The second kappa shape index (κ2) is 5.91. The lowest BCUT2D eigenvalue weighted by molar-refractivity contribution is 0.279. The Balaban J connectivity index is 2.28. The van der Waals surface area contributed by atoms with Crippen LogP contribution in [0.1, 0.15) is 5.56 Å². The molecule has 0 radical (unpaired) electrons. The molecule has 17 heavy (non-hydrogen) atoms. The second-order valence-corrected chi connectivity index (χ2v) is 5.93. The highest BCUT2D eigenvalue weighted by molar-refractivity contribution is 9.10. The van der Waals surface area contributed by atoms with E-state index in [1.807, 2.05) is 36.4 Å². The van der Waals surface area contributed by atoms with Crippen molar-refractivity contribution >= 4 is 39.3 Å². The molecule has 0 saturated heterocycles. The molecule has 0 bridgehead atoms. The molecular formula is C13H10BrClOS. The van der Waals surface area contributed by atoms with Crippen molar-refractivity contribution in [2.45, 2.75) is 16.4 Å². The van der Waals surface area contributed by atoms with Crippen LogP contribution in [0.5, 0.6) is 0 Å². The van der Waals surface area contributed by atoms with E-state index < -0.39 is 0 Å². The van der Waals surface area contributed by atoms with E-state index in [1.165, 1.54) is 0 Å². The normalized spacial score (nSPS) is 10.5. The van der Waals surface area contributed by atoms with Crippen LogP contribution in [0.4, 0.5) is 0 Å². The highest BCUT2D eigenvalue weighted by Gasteiger charge is 2.04. The third-order valence-corrected chi connectivity index (χ3v) is 4.11. The number of rotatable bonds is 3. The van der Waals surface area contributed by atoms with Crippen LogP contribution in [0.15, 0.2) is 56.7 Å². The third kappa shape index (κ3) is 3.49. The lowest BCUT2D eigenvalue weighted by Crippen LogP contribution is -1.87. The van der Waals surface area contributed by atoms with Gasteiger partial charge in [-0.25, -0.2) is 0 Å². The van der Waals surface area contributed by atoms with Gasteiger partial charge in [-0.1, -0.05) is 45.4 Å². The molecule has 0 atom stereocenters. The quantitative estimate of drug-likeness (QED) is 0.877. The summed E-state index contributed by atoms with van der Waals surface area (Å²) in [5, 5.41) is 9.95. The van der Waals surface area contributed by atoms with Crippen molar-refractivity contribution in [3.05, 3.63) is 57.5 Å². The molecule has 0 saturated carbocycles. The lowest BCUT2D eigenvalue weighted by Gasteiger charge is -2.07. The molecule has 0 aliphatic carbocycles. The van der Waals surface area contributed by atoms with Gasteiger partial charge in [0.05, 0.1) is 6.61 Å². The molecule has 0 unspecified atom stereocenters. The molecular weight excluding hydrogens is 320 g/mol. The van der Waals surface area contributed by atoms with Crippen LogP contribution in [-0.4, -0.2) is 5.11 Å². The fourth-order valence-electron chi connectivity index (χ4n) is 1.38. The minimum Gasteiger partial charge on any atom is -0.392 e. The average Bonchev–Trinajstić information content (AvgIpc) is 2.32. The summed E-state index contributed by atoms with van der Waals surface area (Å²) in [5.41, 5.74) is 0.891. The number of aliphatic hydroxyl groups excluding tert-OH is 1. The molecule has 0 fully saturated rings.